The van der Waals surface area contributed by atoms with Crippen LogP contribution in [0.5, 0.6) is 0 Å². The summed E-state index contributed by atoms with van der Waals surface area (Å²) in [5.74, 6) is -0.0490. The molecule has 0 aromatic heterocycles. The Bertz CT molecular complexity index is 453. The maximum Gasteiger partial charge on any atom is 0.401 e. The zero-order chi connectivity index (χ0) is 18.4. The van der Waals surface area contributed by atoms with Crippen LogP contribution in [0.4, 0.5) is 13.2 Å². The highest BCUT2D eigenvalue weighted by atomic mass is 127. The van der Waals surface area contributed by atoms with Crippen LogP contribution < -0.4 is 10.6 Å². The summed E-state index contributed by atoms with van der Waals surface area (Å²) >= 11 is 0. The van der Waals surface area contributed by atoms with Gasteiger partial charge in [0.25, 0.3) is 0 Å². The van der Waals surface area contributed by atoms with E-state index in [1.165, 1.54) is 4.90 Å². The molecule has 0 amide bonds. The summed E-state index contributed by atoms with van der Waals surface area (Å²) in [5, 5.41) is 6.05. The van der Waals surface area contributed by atoms with Crippen LogP contribution >= 0.6 is 24.0 Å². The fraction of sp³-hybridized carbons (Fsp3) is 0.867. The molecule has 1 aliphatic heterocycles. The van der Waals surface area contributed by atoms with Crippen molar-refractivity contribution < 1.29 is 22.7 Å². The van der Waals surface area contributed by atoms with Crippen LogP contribution in [0.15, 0.2) is 4.99 Å². The van der Waals surface area contributed by atoms with Gasteiger partial charge >= 0.3 is 12.1 Å². The van der Waals surface area contributed by atoms with E-state index in [-0.39, 0.29) is 43.1 Å². The minimum atomic E-state index is -4.19. The lowest BCUT2D eigenvalue weighted by Crippen LogP contribution is -2.45. The molecule has 25 heavy (non-hydrogen) atoms. The van der Waals surface area contributed by atoms with Gasteiger partial charge in [0.1, 0.15) is 12.1 Å². The van der Waals surface area contributed by atoms with Gasteiger partial charge in [-0.1, -0.05) is 0 Å². The first-order valence-corrected chi connectivity index (χ1v) is 8.04. The largest absolute Gasteiger partial charge is 0.459 e. The van der Waals surface area contributed by atoms with E-state index < -0.39 is 24.3 Å². The molecule has 148 valence electrons. The molecule has 1 aliphatic rings. The van der Waals surface area contributed by atoms with E-state index in [0.717, 1.165) is 0 Å². The van der Waals surface area contributed by atoms with E-state index in [4.69, 9.17) is 4.74 Å². The fourth-order valence-corrected chi connectivity index (χ4v) is 2.38. The molecule has 1 rings (SSSR count). The van der Waals surface area contributed by atoms with Gasteiger partial charge in [0, 0.05) is 25.7 Å². The molecule has 0 aromatic rings. The first-order chi connectivity index (χ1) is 11.0. The number of guanidine groups is 1. The second-order valence-electron chi connectivity index (χ2n) is 6.76. The summed E-state index contributed by atoms with van der Waals surface area (Å²) in [6.07, 6.45) is -3.60. The van der Waals surface area contributed by atoms with Crippen LogP contribution in [0.25, 0.3) is 0 Å². The third kappa shape index (κ3) is 11.4. The average Bonchev–Trinajstić information content (AvgIpc) is 2.79. The van der Waals surface area contributed by atoms with Crippen molar-refractivity contribution in [3.8, 4) is 0 Å². The predicted molar refractivity (Wildman–Crippen MR) is 101 cm³/mol. The smallest absolute Gasteiger partial charge is 0.401 e. The van der Waals surface area contributed by atoms with E-state index in [2.05, 4.69) is 15.6 Å². The lowest BCUT2D eigenvalue weighted by atomic mass is 10.2. The summed E-state index contributed by atoms with van der Waals surface area (Å²) in [7, 11) is 0. The number of nitrogens with zero attached hydrogens (tertiary/aromatic N) is 2. The minimum absolute atomic E-state index is 0. The number of nitrogens with one attached hydrogen (secondary N) is 2. The normalized spacial score (nSPS) is 19.3. The van der Waals surface area contributed by atoms with Crippen molar-refractivity contribution in [3.05, 3.63) is 0 Å². The molecule has 0 saturated carbocycles. The van der Waals surface area contributed by atoms with Crippen molar-refractivity contribution in [2.45, 2.75) is 51.9 Å². The Hall–Kier alpha value is -0.780. The van der Waals surface area contributed by atoms with Crippen LogP contribution in [-0.2, 0) is 9.53 Å². The maximum atomic E-state index is 12.4. The third-order valence-corrected chi connectivity index (χ3v) is 3.15. The Kier molecular flexibility index (Phi) is 10.1. The second kappa shape index (κ2) is 10.4. The second-order valence-corrected chi connectivity index (χ2v) is 6.76. The summed E-state index contributed by atoms with van der Waals surface area (Å²) in [4.78, 5) is 17.2. The van der Waals surface area contributed by atoms with Crippen molar-refractivity contribution in [1.82, 2.24) is 15.5 Å². The van der Waals surface area contributed by atoms with Gasteiger partial charge in [0.15, 0.2) is 5.96 Å². The lowest BCUT2D eigenvalue weighted by molar-refractivity contribution is -0.152. The molecule has 0 aliphatic carbocycles. The van der Waals surface area contributed by atoms with E-state index >= 15 is 0 Å². The monoisotopic (exact) mass is 480 g/mol. The Morgan fingerprint density at radius 1 is 1.32 bits per heavy atom. The van der Waals surface area contributed by atoms with Gasteiger partial charge in [-0.25, -0.2) is 4.99 Å². The first kappa shape index (κ1) is 24.2. The number of esters is 1. The van der Waals surface area contributed by atoms with Gasteiger partial charge < -0.3 is 15.4 Å². The molecule has 0 spiro atoms. The van der Waals surface area contributed by atoms with Crippen LogP contribution in [0.2, 0.25) is 0 Å². The Labute approximate surface area is 164 Å². The van der Waals surface area contributed by atoms with E-state index in [9.17, 15) is 18.0 Å². The number of likely N-dealkylation sites (tertiary alicyclic amines) is 1. The third-order valence-electron chi connectivity index (χ3n) is 3.15. The standard InChI is InChI=1S/C15H27F3N4O2.HI/c1-5-19-13(20-8-12(23)24-14(2,3)4)21-11-6-7-22(9-11)10-15(16,17)18;/h11H,5-10H2,1-4H3,(H2,19,20,21);1H. The van der Waals surface area contributed by atoms with Gasteiger partial charge in [0.2, 0.25) is 0 Å². The highest BCUT2D eigenvalue weighted by Crippen LogP contribution is 2.19. The molecule has 1 atom stereocenters. The van der Waals surface area contributed by atoms with Crippen LogP contribution in [0.1, 0.15) is 34.1 Å². The summed E-state index contributed by atoms with van der Waals surface area (Å²) in [5.41, 5.74) is -0.581. The average molecular weight is 480 g/mol. The number of halogens is 4. The maximum absolute atomic E-state index is 12.4. The Balaban J connectivity index is 0.00000576. The molecule has 1 unspecified atom stereocenters. The van der Waals surface area contributed by atoms with Crippen molar-refractivity contribution in [3.63, 3.8) is 0 Å². The molecule has 0 bridgehead atoms. The number of ether oxygens (including phenoxy) is 1. The Morgan fingerprint density at radius 3 is 2.48 bits per heavy atom. The molecule has 1 heterocycles. The van der Waals surface area contributed by atoms with Crippen molar-refractivity contribution in [2.75, 3.05) is 32.7 Å². The van der Waals surface area contributed by atoms with Crippen LogP contribution in [-0.4, -0.2) is 67.4 Å². The lowest BCUT2D eigenvalue weighted by Gasteiger charge is -2.20. The molecule has 0 radical (unpaired) electrons. The van der Waals surface area contributed by atoms with Crippen molar-refractivity contribution in [1.29, 1.82) is 0 Å². The molecule has 2 N–H and O–H groups in total. The fourth-order valence-electron chi connectivity index (χ4n) is 2.38. The quantitative estimate of drug-likeness (QED) is 0.273. The summed E-state index contributed by atoms with van der Waals surface area (Å²) in [6.45, 7) is 7.37. The van der Waals surface area contributed by atoms with Crippen LogP contribution in [0, 0.1) is 0 Å². The molecule has 1 fully saturated rings. The van der Waals surface area contributed by atoms with E-state index in [1.54, 1.807) is 20.8 Å². The summed E-state index contributed by atoms with van der Waals surface area (Å²) in [6, 6.07) is -0.135. The number of carbonyl (C=O) groups excluding carboxylic acids is 1. The van der Waals surface area contributed by atoms with E-state index in [0.29, 0.717) is 25.5 Å². The molecule has 6 nitrogen and oxygen atoms in total. The zero-order valence-corrected chi connectivity index (χ0v) is 17.4. The number of hydrogen-bond acceptors (Lipinski definition) is 4. The number of rotatable bonds is 5. The van der Waals surface area contributed by atoms with E-state index in [1.807, 2.05) is 6.92 Å². The topological polar surface area (TPSA) is 66.0 Å². The van der Waals surface area contributed by atoms with Gasteiger partial charge in [-0.05, 0) is 34.1 Å². The number of alkyl halides is 3. The van der Waals surface area contributed by atoms with Gasteiger partial charge in [-0.2, -0.15) is 13.2 Å². The number of carbonyl (C=O) groups is 1. The highest BCUT2D eigenvalue weighted by molar-refractivity contribution is 14.0. The van der Waals surface area contributed by atoms with Crippen molar-refractivity contribution >= 4 is 35.9 Å². The van der Waals surface area contributed by atoms with Crippen LogP contribution in [0.3, 0.4) is 0 Å². The molecular weight excluding hydrogens is 452 g/mol. The molecule has 0 aromatic carbocycles. The molecule has 10 heteroatoms. The Morgan fingerprint density at radius 2 is 1.96 bits per heavy atom. The predicted octanol–water partition coefficient (Wildman–Crippen LogP) is 2.14. The first-order valence-electron chi connectivity index (χ1n) is 8.04. The van der Waals surface area contributed by atoms with Crippen molar-refractivity contribution in [2.24, 2.45) is 4.99 Å². The SMILES string of the molecule is CCNC(=NCC(=O)OC(C)(C)C)NC1CCN(CC(F)(F)F)C1.I. The minimum Gasteiger partial charge on any atom is -0.459 e. The molecular formula is C15H28F3IN4O2. The zero-order valence-electron chi connectivity index (χ0n) is 15.1. The van der Waals surface area contributed by atoms with Gasteiger partial charge in [-0.3, -0.25) is 9.69 Å². The number of aliphatic imine (C=N–C) groups is 1. The van der Waals surface area contributed by atoms with Gasteiger partial charge in [0.05, 0.1) is 6.54 Å². The number of hydrogen-bond donors (Lipinski definition) is 2. The highest BCUT2D eigenvalue weighted by Gasteiger charge is 2.34. The molecule has 1 saturated heterocycles. The van der Waals surface area contributed by atoms with Gasteiger partial charge in [-0.15, -0.1) is 24.0 Å². The summed E-state index contributed by atoms with van der Waals surface area (Å²) < 4.78 is 42.4.